The van der Waals surface area contributed by atoms with Crippen LogP contribution in [0.15, 0.2) is 170 Å². The molecule has 0 saturated heterocycles. The Morgan fingerprint density at radius 2 is 0.672 bits per heavy atom. The summed E-state index contributed by atoms with van der Waals surface area (Å²) in [7, 11) is 0. The molecule has 1 atom stereocenters. The second-order valence-corrected chi connectivity index (χ2v) is 14.1. The Bertz CT molecular complexity index is 1520. The van der Waals surface area contributed by atoms with Gasteiger partial charge in [-0.15, -0.1) is 0 Å². The minimum atomic E-state index is -0.840. The minimum absolute atomic E-state index is 0.138. The number of ether oxygens (including phenoxy) is 3. The first-order chi connectivity index (χ1) is 30.0. The Morgan fingerprint density at radius 3 is 1.10 bits per heavy atom. The van der Waals surface area contributed by atoms with Gasteiger partial charge in [-0.1, -0.05) is 204 Å². The van der Waals surface area contributed by atoms with E-state index in [1.165, 1.54) is 0 Å². The van der Waals surface area contributed by atoms with Crippen molar-refractivity contribution in [1.29, 1.82) is 0 Å². The van der Waals surface area contributed by atoms with E-state index < -0.39 is 6.10 Å². The number of rotatable bonds is 37. The monoisotopic (exact) mass is 835 g/mol. The molecule has 0 aromatic heterocycles. The molecule has 0 rings (SSSR count). The van der Waals surface area contributed by atoms with E-state index in [1.807, 2.05) is 122 Å². The summed E-state index contributed by atoms with van der Waals surface area (Å²) < 4.78 is 16.6. The molecular formula is C55H78O6. The van der Waals surface area contributed by atoms with E-state index in [0.717, 1.165) is 77.0 Å². The lowest BCUT2D eigenvalue weighted by atomic mass is 10.1. The van der Waals surface area contributed by atoms with Crippen molar-refractivity contribution in [2.45, 2.75) is 142 Å². The van der Waals surface area contributed by atoms with Crippen molar-refractivity contribution in [2.24, 2.45) is 0 Å². The molecule has 0 aromatic rings. The molecule has 6 heteroatoms. The molecule has 334 valence electrons. The van der Waals surface area contributed by atoms with Crippen LogP contribution < -0.4 is 0 Å². The van der Waals surface area contributed by atoms with E-state index in [4.69, 9.17) is 14.2 Å². The summed E-state index contributed by atoms with van der Waals surface area (Å²) in [4.78, 5) is 37.7. The Labute approximate surface area is 371 Å². The molecule has 61 heavy (non-hydrogen) atoms. The van der Waals surface area contributed by atoms with Gasteiger partial charge in [0.1, 0.15) is 13.2 Å². The highest BCUT2D eigenvalue weighted by Gasteiger charge is 2.19. The maximum absolute atomic E-state index is 12.7. The molecule has 0 heterocycles. The van der Waals surface area contributed by atoms with E-state index in [2.05, 4.69) is 69.4 Å². The molecule has 6 nitrogen and oxygen atoms in total. The third kappa shape index (κ3) is 45.7. The smallest absolute Gasteiger partial charge is 0.306 e. The van der Waals surface area contributed by atoms with Crippen LogP contribution in [0.25, 0.3) is 0 Å². The number of esters is 3. The van der Waals surface area contributed by atoms with Gasteiger partial charge in [0, 0.05) is 19.3 Å². The van der Waals surface area contributed by atoms with Gasteiger partial charge in [-0.25, -0.2) is 0 Å². The van der Waals surface area contributed by atoms with Gasteiger partial charge in [-0.3, -0.25) is 14.4 Å². The molecule has 0 saturated carbocycles. The Kier molecular flexibility index (Phi) is 43.4. The molecule has 0 fully saturated rings. The summed E-state index contributed by atoms with van der Waals surface area (Å²) in [6.45, 7) is 6.06. The summed E-state index contributed by atoms with van der Waals surface area (Å²) >= 11 is 0. The van der Waals surface area contributed by atoms with Crippen molar-refractivity contribution in [3.63, 3.8) is 0 Å². The molecule has 0 aliphatic carbocycles. The minimum Gasteiger partial charge on any atom is -0.462 e. The fourth-order valence-corrected chi connectivity index (χ4v) is 5.19. The van der Waals surface area contributed by atoms with Crippen LogP contribution in [0.4, 0.5) is 0 Å². The van der Waals surface area contributed by atoms with Crippen molar-refractivity contribution in [2.75, 3.05) is 13.2 Å². The molecule has 1 unspecified atom stereocenters. The van der Waals surface area contributed by atoms with Crippen LogP contribution in [0.1, 0.15) is 136 Å². The molecule has 0 aliphatic heterocycles. The largest absolute Gasteiger partial charge is 0.462 e. The molecule has 0 N–H and O–H groups in total. The van der Waals surface area contributed by atoms with Gasteiger partial charge in [-0.05, 0) is 83.5 Å². The number of carbonyl (C=O) groups is 3. The predicted octanol–water partition coefficient (Wildman–Crippen LogP) is 14.9. The zero-order valence-corrected chi connectivity index (χ0v) is 37.8. The highest BCUT2D eigenvalue weighted by atomic mass is 16.6. The van der Waals surface area contributed by atoms with Crippen LogP contribution in [0.2, 0.25) is 0 Å². The van der Waals surface area contributed by atoms with Crippen molar-refractivity contribution in [3.8, 4) is 0 Å². The lowest BCUT2D eigenvalue weighted by molar-refractivity contribution is -0.167. The van der Waals surface area contributed by atoms with E-state index in [-0.39, 0.29) is 50.4 Å². The van der Waals surface area contributed by atoms with Crippen LogP contribution in [-0.2, 0) is 28.6 Å². The van der Waals surface area contributed by atoms with Gasteiger partial charge in [0.15, 0.2) is 6.10 Å². The standard InChI is InChI=1S/C55H78O6/c1-4-7-10-13-16-19-21-23-25-26-27-28-30-31-33-36-39-42-45-48-54(57)60-51-52(50-59-53(56)47-44-41-38-35-18-15-12-9-6-3)61-55(58)49-46-43-40-37-34-32-29-24-22-20-17-14-11-8-5-2/h7-14,16-35,52H,4-6,15,36-51H2,1-3H3/b10-7-,11-8-,12-9-,16-13-,17-14-,21-19-,22-20-,25-23-,27-26+,29-24-,30-28-,33-31-,34-32-,35-18-. The number of allylic oxidation sites excluding steroid dienone is 28. The van der Waals surface area contributed by atoms with Crippen LogP contribution in [0.5, 0.6) is 0 Å². The normalized spacial score (nSPS) is 13.7. The zero-order valence-electron chi connectivity index (χ0n) is 37.8. The van der Waals surface area contributed by atoms with E-state index >= 15 is 0 Å². The summed E-state index contributed by atoms with van der Waals surface area (Å²) in [6.07, 6.45) is 70.5. The van der Waals surface area contributed by atoms with E-state index in [9.17, 15) is 14.4 Å². The maximum atomic E-state index is 12.7. The third-order valence-electron chi connectivity index (χ3n) is 8.52. The number of carbonyl (C=O) groups excluding carboxylic acids is 3. The van der Waals surface area contributed by atoms with Crippen LogP contribution in [0.3, 0.4) is 0 Å². The molecule has 0 bridgehead atoms. The van der Waals surface area contributed by atoms with Gasteiger partial charge >= 0.3 is 17.9 Å². The highest BCUT2D eigenvalue weighted by molar-refractivity contribution is 5.71. The first-order valence-corrected chi connectivity index (χ1v) is 22.8. The Morgan fingerprint density at radius 1 is 0.344 bits per heavy atom. The molecule has 0 aliphatic rings. The van der Waals surface area contributed by atoms with Crippen LogP contribution in [0, 0.1) is 0 Å². The Balaban J connectivity index is 4.62. The van der Waals surface area contributed by atoms with Crippen molar-refractivity contribution >= 4 is 17.9 Å². The Hall–Kier alpha value is -5.23. The van der Waals surface area contributed by atoms with Gasteiger partial charge in [-0.2, -0.15) is 0 Å². The van der Waals surface area contributed by atoms with Crippen molar-refractivity contribution in [3.05, 3.63) is 170 Å². The zero-order chi connectivity index (χ0) is 44.4. The highest BCUT2D eigenvalue weighted by Crippen LogP contribution is 2.10. The fourth-order valence-electron chi connectivity index (χ4n) is 5.19. The van der Waals surface area contributed by atoms with Gasteiger partial charge < -0.3 is 14.2 Å². The summed E-state index contributed by atoms with van der Waals surface area (Å²) in [5.41, 5.74) is 0. The van der Waals surface area contributed by atoms with Crippen LogP contribution >= 0.6 is 0 Å². The molecule has 0 aromatic carbocycles. The SMILES string of the molecule is CC\C=C/C=C\C=C/C=C\C=C/CCCCCC(=O)OC(COC(=O)CCCC/C=C\C/C=C\CC)COC(=O)CCCCC\C=C/C=C\C=C\C=C/C=C\C=C/C=C\CC. The first-order valence-electron chi connectivity index (χ1n) is 22.8. The predicted molar refractivity (Wildman–Crippen MR) is 260 cm³/mol. The quantitative estimate of drug-likeness (QED) is 0.0204. The molecule has 0 amide bonds. The summed E-state index contributed by atoms with van der Waals surface area (Å²) in [6, 6.07) is 0. The van der Waals surface area contributed by atoms with E-state index in [0.29, 0.717) is 19.3 Å². The molecular weight excluding hydrogens is 757 g/mol. The number of unbranched alkanes of at least 4 members (excludes halogenated alkanes) is 8. The number of hydrogen-bond donors (Lipinski definition) is 0. The fraction of sp³-hybridized carbons (Fsp3) is 0.436. The van der Waals surface area contributed by atoms with Crippen LogP contribution in [-0.4, -0.2) is 37.2 Å². The van der Waals surface area contributed by atoms with Gasteiger partial charge in [0.05, 0.1) is 0 Å². The lowest BCUT2D eigenvalue weighted by Gasteiger charge is -2.18. The maximum Gasteiger partial charge on any atom is 0.306 e. The number of hydrogen-bond acceptors (Lipinski definition) is 6. The van der Waals surface area contributed by atoms with E-state index in [1.54, 1.807) is 0 Å². The second kappa shape index (κ2) is 47.4. The first kappa shape index (κ1) is 55.8. The average molecular weight is 835 g/mol. The molecule has 0 spiro atoms. The van der Waals surface area contributed by atoms with Gasteiger partial charge in [0.2, 0.25) is 0 Å². The molecule has 0 radical (unpaired) electrons. The van der Waals surface area contributed by atoms with Crippen molar-refractivity contribution < 1.29 is 28.6 Å². The summed E-state index contributed by atoms with van der Waals surface area (Å²) in [5, 5.41) is 0. The summed E-state index contributed by atoms with van der Waals surface area (Å²) in [5.74, 6) is -1.08. The topological polar surface area (TPSA) is 78.9 Å². The van der Waals surface area contributed by atoms with Crippen molar-refractivity contribution in [1.82, 2.24) is 0 Å². The third-order valence-corrected chi connectivity index (χ3v) is 8.52. The average Bonchev–Trinajstić information content (AvgIpc) is 3.26. The van der Waals surface area contributed by atoms with Gasteiger partial charge in [0.25, 0.3) is 0 Å². The lowest BCUT2D eigenvalue weighted by Crippen LogP contribution is -2.30. The second-order valence-electron chi connectivity index (χ2n) is 14.1.